The van der Waals surface area contributed by atoms with Crippen molar-refractivity contribution in [2.24, 2.45) is 0 Å². The zero-order valence-corrected chi connectivity index (χ0v) is 20.9. The van der Waals surface area contributed by atoms with E-state index in [1.807, 2.05) is 0 Å². The Morgan fingerprint density at radius 1 is 1.00 bits per heavy atom. The van der Waals surface area contributed by atoms with Crippen molar-refractivity contribution in [3.63, 3.8) is 0 Å². The molecule has 2 aromatic rings. The summed E-state index contributed by atoms with van der Waals surface area (Å²) in [7, 11) is -1.73. The van der Waals surface area contributed by atoms with Crippen LogP contribution in [-0.4, -0.2) is 33.3 Å². The summed E-state index contributed by atoms with van der Waals surface area (Å²) < 4.78 is 7.76. The quantitative estimate of drug-likeness (QED) is 0.419. The predicted octanol–water partition coefficient (Wildman–Crippen LogP) is 5.76. The second-order valence-corrected chi connectivity index (χ2v) is 28.5. The molecule has 2 rings (SSSR count). The molecule has 0 fully saturated rings. The average molecular weight is 459 g/mol. The minimum absolute atomic E-state index is 0.224. The van der Waals surface area contributed by atoms with Gasteiger partial charge in [0.2, 0.25) is 0 Å². The summed E-state index contributed by atoms with van der Waals surface area (Å²) in [6.45, 7) is 11.9. The second-order valence-electron chi connectivity index (χ2n) is 9.31. The van der Waals surface area contributed by atoms with E-state index in [-0.39, 0.29) is 5.04 Å². The van der Waals surface area contributed by atoms with E-state index >= 15 is 0 Å². The Hall–Kier alpha value is -0.764. The molecule has 0 amide bonds. The standard InChI is InChI=1S/C19H23OSi.3CH3.Sn/c1-19(2,3)21(4,5)20-15-9-13-17-12-8-11-16-10-6-7-14-18(16)17;;;;/h6-8,10-12H,15H2,1-5H3;3*1H3;. The average Bonchev–Trinajstić information content (AvgIpc) is 2.49. The molecule has 0 aromatic heterocycles. The number of hydrogen-bond acceptors (Lipinski definition) is 1. The van der Waals surface area contributed by atoms with Crippen molar-refractivity contribution < 1.29 is 4.43 Å². The Kier molecular flexibility index (Phi) is 6.13. The summed E-state index contributed by atoms with van der Waals surface area (Å²) in [5.41, 5.74) is 1.15. The van der Waals surface area contributed by atoms with E-state index in [1.165, 1.54) is 10.8 Å². The van der Waals surface area contributed by atoms with Crippen LogP contribution >= 0.6 is 0 Å². The maximum absolute atomic E-state index is 6.20. The van der Waals surface area contributed by atoms with Crippen molar-refractivity contribution in [1.82, 2.24) is 0 Å². The van der Waals surface area contributed by atoms with Crippen LogP contribution in [0.3, 0.4) is 0 Å². The van der Waals surface area contributed by atoms with Crippen molar-refractivity contribution in [2.75, 3.05) is 6.61 Å². The Morgan fingerprint density at radius 3 is 2.16 bits per heavy atom. The zero-order chi connectivity index (χ0) is 18.9. The number of benzene rings is 2. The fourth-order valence-electron chi connectivity index (χ4n) is 2.63. The Balaban J connectivity index is 2.35. The summed E-state index contributed by atoms with van der Waals surface area (Å²) in [6, 6.07) is 13.2. The van der Waals surface area contributed by atoms with E-state index in [4.69, 9.17) is 4.43 Å². The van der Waals surface area contributed by atoms with Crippen LogP contribution in [-0.2, 0) is 4.43 Å². The third kappa shape index (κ3) is 4.90. The van der Waals surface area contributed by atoms with Gasteiger partial charge in [-0.2, -0.15) is 0 Å². The van der Waals surface area contributed by atoms with Gasteiger partial charge in [0.25, 0.3) is 0 Å². The van der Waals surface area contributed by atoms with Gasteiger partial charge in [-0.1, -0.05) is 0 Å². The van der Waals surface area contributed by atoms with E-state index < -0.39 is 26.7 Å². The molecule has 25 heavy (non-hydrogen) atoms. The van der Waals surface area contributed by atoms with Crippen LogP contribution in [0.15, 0.2) is 36.4 Å². The molecule has 0 spiro atoms. The van der Waals surface area contributed by atoms with Gasteiger partial charge in [0, 0.05) is 0 Å². The molecule has 0 saturated heterocycles. The van der Waals surface area contributed by atoms with Gasteiger partial charge in [-0.15, -0.1) is 0 Å². The van der Waals surface area contributed by atoms with E-state index in [0.717, 1.165) is 5.56 Å². The van der Waals surface area contributed by atoms with Crippen LogP contribution in [0.5, 0.6) is 0 Å². The van der Waals surface area contributed by atoms with Crippen molar-refractivity contribution in [1.29, 1.82) is 0 Å². The van der Waals surface area contributed by atoms with Crippen LogP contribution < -0.4 is 3.58 Å². The fraction of sp³-hybridized carbons (Fsp3) is 0.455. The van der Waals surface area contributed by atoms with Crippen LogP contribution in [0, 0.1) is 11.8 Å². The maximum atomic E-state index is 6.20. The van der Waals surface area contributed by atoms with Crippen molar-refractivity contribution in [2.45, 2.75) is 53.7 Å². The van der Waals surface area contributed by atoms with Gasteiger partial charge in [-0.25, -0.2) is 0 Å². The molecule has 0 unspecified atom stereocenters. The number of hydrogen-bond donors (Lipinski definition) is 0. The van der Waals surface area contributed by atoms with Crippen LogP contribution in [0.2, 0.25) is 33.0 Å². The molecule has 134 valence electrons. The molecule has 0 aliphatic rings. The normalized spacial score (nSPS) is 12.8. The van der Waals surface area contributed by atoms with Gasteiger partial charge in [0.15, 0.2) is 0 Å². The monoisotopic (exact) mass is 460 g/mol. The molecule has 0 aliphatic heterocycles. The van der Waals surface area contributed by atoms with Gasteiger partial charge >= 0.3 is 160 Å². The molecule has 0 aliphatic carbocycles. The third-order valence-corrected chi connectivity index (χ3v) is 15.5. The first-order chi connectivity index (χ1) is 11.4. The van der Waals surface area contributed by atoms with Gasteiger partial charge in [-0.3, -0.25) is 0 Å². The molecule has 0 bridgehead atoms. The van der Waals surface area contributed by atoms with E-state index in [2.05, 4.69) is 96.9 Å². The third-order valence-electron chi connectivity index (χ3n) is 5.25. The molecule has 1 nitrogen and oxygen atoms in total. The SMILES string of the molecule is CC(C)(C)[Si](C)(C)OCC#Cc1cccc2ccc[c]([Sn]([CH3])([CH3])[CH3])c12. The van der Waals surface area contributed by atoms with E-state index in [0.29, 0.717) is 6.61 Å². The molecule has 0 N–H and O–H groups in total. The molecule has 0 saturated carbocycles. The van der Waals surface area contributed by atoms with Crippen molar-refractivity contribution in [3.8, 4) is 11.8 Å². The summed E-state index contributed by atoms with van der Waals surface area (Å²) in [5, 5.41) is 2.90. The minimum atomic E-state index is -2.20. The molecule has 0 heterocycles. The topological polar surface area (TPSA) is 9.23 Å². The molecule has 0 radical (unpaired) electrons. The van der Waals surface area contributed by atoms with Crippen molar-refractivity contribution >= 4 is 41.0 Å². The molecule has 2 aromatic carbocycles. The molecule has 0 atom stereocenters. The fourth-order valence-corrected chi connectivity index (χ4v) is 8.14. The number of fused-ring (bicyclic) bond motifs is 1. The summed E-state index contributed by atoms with van der Waals surface area (Å²) >= 11 is -2.20. The second kappa shape index (κ2) is 7.46. The molecular formula is C22H32OSiSn. The summed E-state index contributed by atoms with van der Waals surface area (Å²) in [5.74, 6) is 6.69. The first kappa shape index (κ1) is 20.5. The Labute approximate surface area is 159 Å². The van der Waals surface area contributed by atoms with Gasteiger partial charge < -0.3 is 0 Å². The Morgan fingerprint density at radius 2 is 1.60 bits per heavy atom. The van der Waals surface area contributed by atoms with Crippen LogP contribution in [0.1, 0.15) is 26.3 Å². The first-order valence-electron chi connectivity index (χ1n) is 9.08. The Bertz CT molecular complexity index is 809. The van der Waals surface area contributed by atoms with Crippen LogP contribution in [0.4, 0.5) is 0 Å². The zero-order valence-electron chi connectivity index (χ0n) is 17.1. The van der Waals surface area contributed by atoms with Gasteiger partial charge in [0.1, 0.15) is 0 Å². The molecular weight excluding hydrogens is 427 g/mol. The first-order valence-corrected chi connectivity index (χ1v) is 22.0. The summed E-state index contributed by atoms with van der Waals surface area (Å²) in [4.78, 5) is 7.40. The van der Waals surface area contributed by atoms with E-state index in [9.17, 15) is 0 Å². The van der Waals surface area contributed by atoms with Crippen molar-refractivity contribution in [3.05, 3.63) is 42.0 Å². The van der Waals surface area contributed by atoms with E-state index in [1.54, 1.807) is 3.58 Å². The van der Waals surface area contributed by atoms with Gasteiger partial charge in [0.05, 0.1) is 0 Å². The molecule has 3 heteroatoms. The predicted molar refractivity (Wildman–Crippen MR) is 117 cm³/mol. The number of rotatable bonds is 3. The summed E-state index contributed by atoms with van der Waals surface area (Å²) in [6.07, 6.45) is 0. The van der Waals surface area contributed by atoms with Gasteiger partial charge in [-0.05, 0) is 0 Å². The van der Waals surface area contributed by atoms with Crippen LogP contribution in [0.25, 0.3) is 10.8 Å².